The van der Waals surface area contributed by atoms with Gasteiger partial charge in [-0.2, -0.15) is 0 Å². The number of furan rings is 1. The summed E-state index contributed by atoms with van der Waals surface area (Å²) in [5, 5.41) is 7.12. The fraction of sp³-hybridized carbons (Fsp3) is 0.115. The Hall–Kier alpha value is -12.5. The van der Waals surface area contributed by atoms with Crippen LogP contribution in [0.5, 0.6) is 0 Å². The lowest BCUT2D eigenvalue weighted by Gasteiger charge is -2.47. The Morgan fingerprint density at radius 3 is 0.944 bits per heavy atom. The molecule has 0 aliphatic carbocycles. The molecule has 2 aliphatic heterocycles. The molecule has 16 aromatic carbocycles. The van der Waals surface area contributed by atoms with Crippen LogP contribution < -0.4 is 26.2 Å². The highest BCUT2D eigenvalue weighted by molar-refractivity contribution is 7.00. The topological polar surface area (TPSA) is 19.6 Å². The maximum Gasteiger partial charge on any atom is 0.252 e. The average molecular weight is 1390 g/mol. The molecule has 0 saturated carbocycles. The van der Waals surface area contributed by atoms with Gasteiger partial charge in [0.05, 0.1) is 11.4 Å². The van der Waals surface area contributed by atoms with Gasteiger partial charge in [-0.05, 0) is 210 Å². The Morgan fingerprint density at radius 2 is 0.537 bits per heavy atom. The first kappa shape index (κ1) is 66.2. The second kappa shape index (κ2) is 25.6. The predicted octanol–water partition coefficient (Wildman–Crippen LogP) is 27.2. The van der Waals surface area contributed by atoms with Gasteiger partial charge >= 0.3 is 0 Å². The number of rotatable bonds is 10. The normalized spacial score (nSPS) is 12.8. The number of fused-ring (bicyclic) bond motifs is 9. The van der Waals surface area contributed by atoms with Gasteiger partial charge in [0.2, 0.25) is 0 Å². The van der Waals surface area contributed by atoms with Crippen molar-refractivity contribution in [2.45, 2.75) is 78.6 Å². The van der Waals surface area contributed by atoms with Crippen molar-refractivity contribution in [1.82, 2.24) is 0 Å². The zero-order chi connectivity index (χ0) is 73.3. The maximum atomic E-state index is 6.73. The molecule has 1 aromatic heterocycles. The van der Waals surface area contributed by atoms with Crippen molar-refractivity contribution in [2.24, 2.45) is 0 Å². The number of nitrogens with zero attached hydrogens (tertiary/aromatic N) is 2. The largest absolute Gasteiger partial charge is 0.456 e. The van der Waals surface area contributed by atoms with Crippen molar-refractivity contribution >= 4 is 101 Å². The van der Waals surface area contributed by atoms with Crippen LogP contribution in [0.4, 0.5) is 34.1 Å². The Labute approximate surface area is 634 Å². The molecule has 3 nitrogen and oxygen atoms in total. The van der Waals surface area contributed by atoms with Gasteiger partial charge in [0.1, 0.15) is 11.2 Å². The van der Waals surface area contributed by atoms with Crippen molar-refractivity contribution in [2.75, 3.05) is 9.80 Å². The van der Waals surface area contributed by atoms with Crippen LogP contribution in [0.25, 0.3) is 132 Å². The van der Waals surface area contributed by atoms with Gasteiger partial charge in [0, 0.05) is 55.8 Å². The molecule has 0 N–H and O–H groups in total. The summed E-state index contributed by atoms with van der Waals surface area (Å²) in [6.45, 7) is 21.1. The lowest BCUT2D eigenvalue weighted by atomic mass is 9.33. The minimum absolute atomic E-state index is 0.195. The van der Waals surface area contributed by atoms with Crippen LogP contribution in [0.15, 0.2) is 344 Å². The number of hydrogen-bond acceptors (Lipinski definition) is 3. The van der Waals surface area contributed by atoms with Crippen molar-refractivity contribution in [1.29, 1.82) is 0 Å². The third-order valence-electron chi connectivity index (χ3n) is 22.9. The molecule has 0 atom stereocenters. The van der Waals surface area contributed by atoms with Crippen LogP contribution in [0.1, 0.15) is 79.0 Å². The second-order valence-electron chi connectivity index (χ2n) is 32.7. The van der Waals surface area contributed by atoms with Crippen molar-refractivity contribution < 1.29 is 4.42 Å². The fourth-order valence-corrected chi connectivity index (χ4v) is 17.3. The lowest BCUT2D eigenvalue weighted by molar-refractivity contribution is 0.590. The summed E-state index contributed by atoms with van der Waals surface area (Å²) in [4.78, 5) is 5.44. The molecular weight excluding hydrogens is 1300 g/mol. The molecule has 0 radical (unpaired) electrons. The van der Waals surface area contributed by atoms with E-state index in [9.17, 15) is 0 Å². The molecule has 518 valence electrons. The monoisotopic (exact) mass is 1390 g/mol. The first-order chi connectivity index (χ1) is 52.5. The van der Waals surface area contributed by atoms with E-state index < -0.39 is 0 Å². The van der Waals surface area contributed by atoms with Gasteiger partial charge < -0.3 is 14.2 Å². The summed E-state index contributed by atoms with van der Waals surface area (Å²) in [7, 11) is 0. The van der Waals surface area contributed by atoms with E-state index >= 15 is 0 Å². The summed E-state index contributed by atoms with van der Waals surface area (Å²) < 4.78 is 6.73. The number of anilines is 6. The van der Waals surface area contributed by atoms with Crippen LogP contribution in [-0.4, -0.2) is 6.71 Å². The third kappa shape index (κ3) is 11.2. The molecule has 3 heterocycles. The van der Waals surface area contributed by atoms with Crippen molar-refractivity contribution in [3.8, 4) is 89.0 Å². The van der Waals surface area contributed by atoms with E-state index in [0.717, 1.165) is 112 Å². The van der Waals surface area contributed by atoms with E-state index in [2.05, 4.69) is 412 Å². The van der Waals surface area contributed by atoms with Gasteiger partial charge in [0.15, 0.2) is 0 Å². The molecule has 0 unspecified atom stereocenters. The molecule has 0 amide bonds. The SMILES string of the molecule is CC(C)(C)c1cc(-c2ccccc2)c(N2c3cc(-c4ccc5c(c4)oc4ccccc45)ccc3B3c4ccc(-c5ccc6c(-c7ccccc7)c7ccccc7c(-c7ccccc7)c6c5)cc4N(c4c(-c5ccccc5)cc(C(C)(C)C)cc4-c4ccccc4)c4cc(C(C)(C)C)cc2c43)c(-c2ccccc2)c1. The van der Waals surface area contributed by atoms with E-state index in [1.165, 1.54) is 88.0 Å². The molecule has 0 fully saturated rings. The van der Waals surface area contributed by atoms with Gasteiger partial charge in [-0.15, -0.1) is 0 Å². The molecule has 0 spiro atoms. The standard InChI is InChI=1S/C104H83BN2O/c1-102(2,3)76-60-84(66-32-16-10-17-33-66)100(85(61-76)67-34-18-11-19-35-67)106-91-57-73(72-49-53-83-88(56-72)98(71-42-26-15-27-43-71)82-46-29-28-45-81(82)97(83)70-40-24-14-25-41-70)50-54-89(91)105-90-55-51-74(75-48-52-80-79-44-30-31-47-95(79)108-96(80)59-75)58-92(90)107(94-65-78(104(7,8)9)64-93(106)99(94)105)101-86(68-36-20-12-21-37-68)62-77(103(4,5)6)63-87(101)69-38-22-13-23-39-69/h10-65H,1-9H3. The minimum Gasteiger partial charge on any atom is -0.456 e. The minimum atomic E-state index is -0.337. The highest BCUT2D eigenvalue weighted by Crippen LogP contribution is 2.56. The molecular formula is C104H83BN2O. The van der Waals surface area contributed by atoms with Gasteiger partial charge in [-0.25, -0.2) is 0 Å². The van der Waals surface area contributed by atoms with E-state index in [1.54, 1.807) is 0 Å². The van der Waals surface area contributed by atoms with Crippen LogP contribution >= 0.6 is 0 Å². The van der Waals surface area contributed by atoms with E-state index in [0.29, 0.717) is 0 Å². The Kier molecular flexibility index (Phi) is 15.7. The molecule has 19 rings (SSSR count). The van der Waals surface area contributed by atoms with E-state index in [-0.39, 0.29) is 23.0 Å². The molecule has 17 aromatic rings. The molecule has 2 aliphatic rings. The summed E-state index contributed by atoms with van der Waals surface area (Å²) in [6.07, 6.45) is 0. The summed E-state index contributed by atoms with van der Waals surface area (Å²) in [6, 6.07) is 128. The van der Waals surface area contributed by atoms with Gasteiger partial charge in [-0.1, -0.05) is 329 Å². The number of benzene rings is 16. The van der Waals surface area contributed by atoms with Crippen molar-refractivity contribution in [3.63, 3.8) is 0 Å². The molecule has 4 heteroatoms. The zero-order valence-electron chi connectivity index (χ0n) is 62.7. The maximum absolute atomic E-state index is 6.73. The fourth-order valence-electron chi connectivity index (χ4n) is 17.3. The highest BCUT2D eigenvalue weighted by Gasteiger charge is 2.46. The Bertz CT molecular complexity index is 6280. The van der Waals surface area contributed by atoms with Crippen molar-refractivity contribution in [3.05, 3.63) is 356 Å². The highest BCUT2D eigenvalue weighted by atomic mass is 16.3. The average Bonchev–Trinajstić information content (AvgIpc) is 0.756. The first-order valence-corrected chi connectivity index (χ1v) is 38.2. The van der Waals surface area contributed by atoms with Gasteiger partial charge in [0.25, 0.3) is 6.71 Å². The van der Waals surface area contributed by atoms with E-state index in [1.807, 2.05) is 0 Å². The van der Waals surface area contributed by atoms with Crippen LogP contribution in [-0.2, 0) is 16.2 Å². The quantitative estimate of drug-likeness (QED) is 0.100. The molecule has 0 saturated heterocycles. The number of hydrogen-bond donors (Lipinski definition) is 0. The van der Waals surface area contributed by atoms with Crippen LogP contribution in [0, 0.1) is 0 Å². The smallest absolute Gasteiger partial charge is 0.252 e. The van der Waals surface area contributed by atoms with E-state index in [4.69, 9.17) is 4.42 Å². The molecule has 0 bridgehead atoms. The zero-order valence-corrected chi connectivity index (χ0v) is 62.7. The van der Waals surface area contributed by atoms with Crippen LogP contribution in [0.3, 0.4) is 0 Å². The summed E-state index contributed by atoms with van der Waals surface area (Å²) in [5.74, 6) is 0. The van der Waals surface area contributed by atoms with Crippen LogP contribution in [0.2, 0.25) is 0 Å². The molecule has 108 heavy (non-hydrogen) atoms. The van der Waals surface area contributed by atoms with Gasteiger partial charge in [-0.3, -0.25) is 0 Å². The Morgan fingerprint density at radius 1 is 0.231 bits per heavy atom. The first-order valence-electron chi connectivity index (χ1n) is 38.2. The Balaban J connectivity index is 0.965. The predicted molar refractivity (Wildman–Crippen MR) is 462 cm³/mol. The summed E-state index contributed by atoms with van der Waals surface area (Å²) in [5.41, 5.74) is 33.9. The lowest BCUT2D eigenvalue weighted by Crippen LogP contribution is -2.61. The number of para-hydroxylation sites is 1. The third-order valence-corrected chi connectivity index (χ3v) is 22.9. The second-order valence-corrected chi connectivity index (χ2v) is 32.7. The summed E-state index contributed by atoms with van der Waals surface area (Å²) >= 11 is 0.